The van der Waals surface area contributed by atoms with Crippen LogP contribution in [0.2, 0.25) is 0 Å². The molecule has 0 saturated carbocycles. The van der Waals surface area contributed by atoms with Crippen LogP contribution in [0.3, 0.4) is 0 Å². The summed E-state index contributed by atoms with van der Waals surface area (Å²) in [5.41, 5.74) is 0.420. The van der Waals surface area contributed by atoms with Crippen LogP contribution in [0.4, 0.5) is 14.9 Å². The topological polar surface area (TPSA) is 38.3 Å². The summed E-state index contributed by atoms with van der Waals surface area (Å²) in [4.78, 5) is 11.6. The molecule has 1 aromatic rings. The van der Waals surface area contributed by atoms with Crippen LogP contribution in [-0.4, -0.2) is 11.7 Å². The number of benzene rings is 1. The molecule has 0 radical (unpaired) electrons. The molecule has 4 heteroatoms. The number of amides is 1. The van der Waals surface area contributed by atoms with E-state index in [4.69, 9.17) is 11.2 Å². The van der Waals surface area contributed by atoms with Gasteiger partial charge >= 0.3 is 6.09 Å². The second-order valence-electron chi connectivity index (χ2n) is 4.81. The van der Waals surface area contributed by atoms with Crippen molar-refractivity contribution in [2.45, 2.75) is 32.8 Å². The molecule has 18 heavy (non-hydrogen) atoms. The van der Waals surface area contributed by atoms with E-state index < -0.39 is 17.5 Å². The first-order valence-corrected chi connectivity index (χ1v) is 5.54. The summed E-state index contributed by atoms with van der Waals surface area (Å²) in [5, 5.41) is 2.56. The Morgan fingerprint density at radius 1 is 1.50 bits per heavy atom. The van der Waals surface area contributed by atoms with Gasteiger partial charge in [0.15, 0.2) is 0 Å². The van der Waals surface area contributed by atoms with Gasteiger partial charge in [-0.15, -0.1) is 12.3 Å². The van der Waals surface area contributed by atoms with Gasteiger partial charge in [-0.05, 0) is 44.5 Å². The zero-order valence-corrected chi connectivity index (χ0v) is 10.7. The van der Waals surface area contributed by atoms with E-state index in [2.05, 4.69) is 11.2 Å². The molecule has 0 bridgehead atoms. The monoisotopic (exact) mass is 249 g/mol. The highest BCUT2D eigenvalue weighted by molar-refractivity contribution is 5.86. The van der Waals surface area contributed by atoms with Crippen LogP contribution in [0.25, 0.3) is 0 Å². The Bertz CT molecular complexity index is 484. The fourth-order valence-electron chi connectivity index (χ4n) is 1.35. The SMILES string of the molecule is C#CCc1cc(F)ccc1NC(=O)OC(C)(C)C. The Hall–Kier alpha value is -2.02. The lowest BCUT2D eigenvalue weighted by Gasteiger charge is -2.20. The number of ether oxygens (including phenoxy) is 1. The van der Waals surface area contributed by atoms with E-state index in [0.29, 0.717) is 11.3 Å². The molecule has 1 amide bonds. The molecule has 96 valence electrons. The molecule has 0 spiro atoms. The van der Waals surface area contributed by atoms with Crippen molar-refractivity contribution in [1.82, 2.24) is 0 Å². The van der Waals surface area contributed by atoms with Crippen molar-refractivity contribution in [1.29, 1.82) is 0 Å². The van der Waals surface area contributed by atoms with Gasteiger partial charge in [0.2, 0.25) is 0 Å². The third-order valence-electron chi connectivity index (χ3n) is 2.00. The molecule has 0 heterocycles. The standard InChI is InChI=1S/C14H16FNO2/c1-5-6-10-9-11(15)7-8-12(10)16-13(17)18-14(2,3)4/h1,7-9H,6H2,2-4H3,(H,16,17). The van der Waals surface area contributed by atoms with E-state index >= 15 is 0 Å². The van der Waals surface area contributed by atoms with Crippen LogP contribution in [0.15, 0.2) is 18.2 Å². The van der Waals surface area contributed by atoms with Gasteiger partial charge in [0.25, 0.3) is 0 Å². The van der Waals surface area contributed by atoms with Crippen molar-refractivity contribution in [3.8, 4) is 12.3 Å². The van der Waals surface area contributed by atoms with Crippen molar-refractivity contribution in [2.75, 3.05) is 5.32 Å². The number of anilines is 1. The molecule has 1 aromatic carbocycles. The predicted octanol–water partition coefficient (Wildman–Crippen LogP) is 3.35. The predicted molar refractivity (Wildman–Crippen MR) is 68.8 cm³/mol. The second kappa shape index (κ2) is 5.54. The summed E-state index contributed by atoms with van der Waals surface area (Å²) < 4.78 is 18.2. The van der Waals surface area contributed by atoms with Crippen LogP contribution in [0, 0.1) is 18.2 Å². The molecular formula is C14H16FNO2. The molecule has 1 rings (SSSR count). The Balaban J connectivity index is 2.84. The minimum atomic E-state index is -0.590. The van der Waals surface area contributed by atoms with Crippen LogP contribution >= 0.6 is 0 Å². The van der Waals surface area contributed by atoms with Gasteiger partial charge in [-0.25, -0.2) is 9.18 Å². The summed E-state index contributed by atoms with van der Waals surface area (Å²) in [6.07, 6.45) is 4.84. The van der Waals surface area contributed by atoms with Crippen molar-refractivity contribution < 1.29 is 13.9 Å². The van der Waals surface area contributed by atoms with Crippen molar-refractivity contribution in [3.05, 3.63) is 29.6 Å². The number of rotatable bonds is 2. The van der Waals surface area contributed by atoms with Gasteiger partial charge < -0.3 is 4.74 Å². The van der Waals surface area contributed by atoms with Crippen molar-refractivity contribution >= 4 is 11.8 Å². The maximum absolute atomic E-state index is 13.1. The summed E-state index contributed by atoms with van der Waals surface area (Å²) in [7, 11) is 0. The highest BCUT2D eigenvalue weighted by Gasteiger charge is 2.17. The van der Waals surface area contributed by atoms with Crippen LogP contribution in [0.5, 0.6) is 0 Å². The smallest absolute Gasteiger partial charge is 0.412 e. The first-order valence-electron chi connectivity index (χ1n) is 5.54. The molecule has 0 aliphatic heterocycles. The molecule has 0 aliphatic rings. The largest absolute Gasteiger partial charge is 0.444 e. The van der Waals surface area contributed by atoms with E-state index in [1.807, 2.05) is 0 Å². The van der Waals surface area contributed by atoms with Gasteiger partial charge in [-0.2, -0.15) is 0 Å². The summed E-state index contributed by atoms with van der Waals surface area (Å²) >= 11 is 0. The number of hydrogen-bond donors (Lipinski definition) is 1. The molecule has 0 saturated heterocycles. The molecule has 0 aliphatic carbocycles. The summed E-state index contributed by atoms with van der Waals surface area (Å²) in [6, 6.07) is 4.02. The van der Waals surface area contributed by atoms with E-state index in [9.17, 15) is 9.18 Å². The van der Waals surface area contributed by atoms with E-state index in [1.165, 1.54) is 18.2 Å². The van der Waals surface area contributed by atoms with Gasteiger partial charge in [0, 0.05) is 12.1 Å². The first-order chi connectivity index (χ1) is 8.31. The molecule has 1 N–H and O–H groups in total. The summed E-state index contributed by atoms with van der Waals surface area (Å²) in [5.74, 6) is 2.02. The van der Waals surface area contributed by atoms with Crippen molar-refractivity contribution in [2.24, 2.45) is 0 Å². The highest BCUT2D eigenvalue weighted by atomic mass is 19.1. The normalized spacial score (nSPS) is 10.6. The Morgan fingerprint density at radius 3 is 2.72 bits per heavy atom. The lowest BCUT2D eigenvalue weighted by molar-refractivity contribution is 0.0636. The lowest BCUT2D eigenvalue weighted by atomic mass is 10.1. The molecule has 0 atom stereocenters. The summed E-state index contributed by atoms with van der Waals surface area (Å²) in [6.45, 7) is 5.29. The molecule has 0 fully saturated rings. The van der Waals surface area contributed by atoms with Crippen LogP contribution in [-0.2, 0) is 11.2 Å². The molecule has 0 unspecified atom stereocenters. The minimum Gasteiger partial charge on any atom is -0.444 e. The van der Waals surface area contributed by atoms with E-state index in [-0.39, 0.29) is 6.42 Å². The fraction of sp³-hybridized carbons (Fsp3) is 0.357. The lowest BCUT2D eigenvalue weighted by Crippen LogP contribution is -2.27. The number of carbonyl (C=O) groups is 1. The van der Waals surface area contributed by atoms with Gasteiger partial charge in [0.1, 0.15) is 11.4 Å². The Kier molecular flexibility index (Phi) is 4.33. The molecule has 3 nitrogen and oxygen atoms in total. The average Bonchev–Trinajstić information content (AvgIpc) is 2.20. The number of hydrogen-bond acceptors (Lipinski definition) is 2. The second-order valence-corrected chi connectivity index (χ2v) is 4.81. The fourth-order valence-corrected chi connectivity index (χ4v) is 1.35. The minimum absolute atomic E-state index is 0.239. The molecular weight excluding hydrogens is 233 g/mol. The van der Waals surface area contributed by atoms with Crippen LogP contribution < -0.4 is 5.32 Å². The highest BCUT2D eigenvalue weighted by Crippen LogP contribution is 2.19. The zero-order valence-electron chi connectivity index (χ0n) is 10.7. The van der Waals surface area contributed by atoms with Gasteiger partial charge in [0.05, 0.1) is 0 Å². The quantitative estimate of drug-likeness (QED) is 0.816. The van der Waals surface area contributed by atoms with Crippen molar-refractivity contribution in [3.63, 3.8) is 0 Å². The number of halogens is 1. The van der Waals surface area contributed by atoms with Crippen LogP contribution in [0.1, 0.15) is 26.3 Å². The molecule has 0 aromatic heterocycles. The van der Waals surface area contributed by atoms with Gasteiger partial charge in [-0.3, -0.25) is 5.32 Å². The van der Waals surface area contributed by atoms with Gasteiger partial charge in [-0.1, -0.05) is 0 Å². The number of nitrogens with one attached hydrogen (secondary N) is 1. The third kappa shape index (κ3) is 4.46. The maximum atomic E-state index is 13.1. The van der Waals surface area contributed by atoms with E-state index in [1.54, 1.807) is 20.8 Å². The Labute approximate surface area is 106 Å². The number of terminal acetylenes is 1. The zero-order chi connectivity index (χ0) is 13.8. The maximum Gasteiger partial charge on any atom is 0.412 e. The number of carbonyl (C=O) groups excluding carboxylic acids is 1. The Morgan fingerprint density at radius 2 is 2.17 bits per heavy atom. The van der Waals surface area contributed by atoms with E-state index in [0.717, 1.165) is 0 Å². The average molecular weight is 249 g/mol. The first kappa shape index (κ1) is 14.0. The third-order valence-corrected chi connectivity index (χ3v) is 2.00.